The van der Waals surface area contributed by atoms with Crippen molar-refractivity contribution in [1.82, 2.24) is 0 Å². The third kappa shape index (κ3) is 4.86. The SMILES string of the molecule is C=C/C=C(\C=C)Oc1ccc(C(=O)c2ccc(Oc3ccccc3)cc2)cc1. The smallest absolute Gasteiger partial charge is 0.193 e. The summed E-state index contributed by atoms with van der Waals surface area (Å²) in [4.78, 5) is 12.7. The molecular weight excluding hydrogens is 348 g/mol. The molecule has 138 valence electrons. The number of rotatable bonds is 8. The molecule has 0 saturated heterocycles. The molecule has 3 heteroatoms. The zero-order valence-corrected chi connectivity index (χ0v) is 15.4. The highest BCUT2D eigenvalue weighted by Crippen LogP contribution is 2.23. The molecule has 0 fully saturated rings. The summed E-state index contributed by atoms with van der Waals surface area (Å²) in [6.45, 7) is 7.32. The van der Waals surface area contributed by atoms with Crippen LogP contribution >= 0.6 is 0 Å². The molecule has 3 aromatic rings. The van der Waals surface area contributed by atoms with Crippen molar-refractivity contribution in [3.8, 4) is 17.2 Å². The van der Waals surface area contributed by atoms with Gasteiger partial charge in [0.15, 0.2) is 5.78 Å². The summed E-state index contributed by atoms with van der Waals surface area (Å²) < 4.78 is 11.4. The van der Waals surface area contributed by atoms with Gasteiger partial charge in [-0.3, -0.25) is 4.79 Å². The lowest BCUT2D eigenvalue weighted by Crippen LogP contribution is -2.01. The van der Waals surface area contributed by atoms with Crippen LogP contribution in [-0.2, 0) is 0 Å². The summed E-state index contributed by atoms with van der Waals surface area (Å²) in [6.07, 6.45) is 4.94. The van der Waals surface area contributed by atoms with E-state index in [9.17, 15) is 4.79 Å². The van der Waals surface area contributed by atoms with Gasteiger partial charge in [0.1, 0.15) is 23.0 Å². The molecule has 0 heterocycles. The standard InChI is InChI=1S/C25H20O3/c1-3-8-21(4-2)27-23-15-11-19(12-16-23)25(26)20-13-17-24(18-14-20)28-22-9-6-5-7-10-22/h3-18H,1-2H2/b21-8+. The van der Waals surface area contributed by atoms with Gasteiger partial charge in [0.2, 0.25) is 0 Å². The molecule has 0 aliphatic carbocycles. The molecule has 3 aromatic carbocycles. The fourth-order valence-electron chi connectivity index (χ4n) is 2.54. The Morgan fingerprint density at radius 3 is 1.79 bits per heavy atom. The number of ether oxygens (including phenoxy) is 2. The topological polar surface area (TPSA) is 35.5 Å². The second-order valence-corrected chi connectivity index (χ2v) is 5.90. The number of benzene rings is 3. The van der Waals surface area contributed by atoms with Crippen LogP contribution < -0.4 is 9.47 Å². The number of para-hydroxylation sites is 1. The molecule has 3 rings (SSSR count). The van der Waals surface area contributed by atoms with Gasteiger partial charge in [0, 0.05) is 11.1 Å². The minimum absolute atomic E-state index is 0.0663. The predicted octanol–water partition coefficient (Wildman–Crippen LogP) is 6.34. The van der Waals surface area contributed by atoms with Crippen LogP contribution in [0, 0.1) is 0 Å². The van der Waals surface area contributed by atoms with Crippen molar-refractivity contribution >= 4 is 5.78 Å². The van der Waals surface area contributed by atoms with E-state index < -0.39 is 0 Å². The van der Waals surface area contributed by atoms with Crippen molar-refractivity contribution in [2.45, 2.75) is 0 Å². The highest BCUT2D eigenvalue weighted by molar-refractivity contribution is 6.09. The molecule has 0 spiro atoms. The average Bonchev–Trinajstić information content (AvgIpc) is 2.75. The van der Waals surface area contributed by atoms with Crippen LogP contribution in [-0.4, -0.2) is 5.78 Å². The molecule has 0 saturated carbocycles. The Morgan fingerprint density at radius 2 is 1.25 bits per heavy atom. The molecule has 0 radical (unpaired) electrons. The fourth-order valence-corrected chi connectivity index (χ4v) is 2.54. The van der Waals surface area contributed by atoms with Crippen LogP contribution in [0.25, 0.3) is 0 Å². The highest BCUT2D eigenvalue weighted by atomic mass is 16.5. The van der Waals surface area contributed by atoms with Crippen molar-refractivity contribution in [1.29, 1.82) is 0 Å². The van der Waals surface area contributed by atoms with Crippen LogP contribution in [0.15, 0.2) is 116 Å². The summed E-state index contributed by atoms with van der Waals surface area (Å²) in [7, 11) is 0. The zero-order chi connectivity index (χ0) is 19.8. The van der Waals surface area contributed by atoms with E-state index in [4.69, 9.17) is 9.47 Å². The number of allylic oxidation sites excluding steroid dienone is 3. The van der Waals surface area contributed by atoms with Crippen molar-refractivity contribution < 1.29 is 14.3 Å². The Hall–Kier alpha value is -3.85. The molecule has 0 atom stereocenters. The molecule has 0 unspecified atom stereocenters. The maximum absolute atomic E-state index is 12.7. The maximum Gasteiger partial charge on any atom is 0.193 e. The Labute approximate surface area is 164 Å². The van der Waals surface area contributed by atoms with Gasteiger partial charge in [-0.15, -0.1) is 0 Å². The number of carbonyl (C=O) groups excluding carboxylic acids is 1. The summed E-state index contributed by atoms with van der Waals surface area (Å²) in [5.74, 6) is 2.57. The molecule has 0 aliphatic heterocycles. The average molecular weight is 368 g/mol. The number of hydrogen-bond acceptors (Lipinski definition) is 3. The molecule has 0 bridgehead atoms. The summed E-state index contributed by atoms with van der Waals surface area (Å²) >= 11 is 0. The first kappa shape index (κ1) is 18.9. The van der Waals surface area contributed by atoms with Crippen molar-refractivity contribution in [2.75, 3.05) is 0 Å². The molecule has 0 aromatic heterocycles. The zero-order valence-electron chi connectivity index (χ0n) is 15.4. The first-order chi connectivity index (χ1) is 13.7. The summed E-state index contributed by atoms with van der Waals surface area (Å²) in [5, 5.41) is 0. The molecule has 0 N–H and O–H groups in total. The van der Waals surface area contributed by atoms with E-state index in [-0.39, 0.29) is 5.78 Å². The van der Waals surface area contributed by atoms with E-state index in [2.05, 4.69) is 13.2 Å². The van der Waals surface area contributed by atoms with E-state index in [1.165, 1.54) is 0 Å². The van der Waals surface area contributed by atoms with Gasteiger partial charge in [-0.05, 0) is 72.8 Å². The molecule has 28 heavy (non-hydrogen) atoms. The van der Waals surface area contributed by atoms with Gasteiger partial charge in [-0.2, -0.15) is 0 Å². The normalized spacial score (nSPS) is 10.8. The van der Waals surface area contributed by atoms with E-state index in [1.807, 2.05) is 30.3 Å². The monoisotopic (exact) mass is 368 g/mol. The Balaban J connectivity index is 1.69. The third-order valence-corrected chi connectivity index (χ3v) is 3.93. The van der Waals surface area contributed by atoms with E-state index in [0.717, 1.165) is 5.75 Å². The summed E-state index contributed by atoms with van der Waals surface area (Å²) in [6, 6.07) is 23.6. The first-order valence-electron chi connectivity index (χ1n) is 8.80. The lowest BCUT2D eigenvalue weighted by Gasteiger charge is -2.08. The van der Waals surface area contributed by atoms with Crippen LogP contribution in [0.5, 0.6) is 17.2 Å². The van der Waals surface area contributed by atoms with E-state index in [0.29, 0.717) is 28.4 Å². The minimum Gasteiger partial charge on any atom is -0.457 e. The molecule has 0 aliphatic rings. The lowest BCUT2D eigenvalue weighted by molar-refractivity contribution is 0.103. The Morgan fingerprint density at radius 1 is 0.714 bits per heavy atom. The van der Waals surface area contributed by atoms with Crippen LogP contribution in [0.3, 0.4) is 0 Å². The Kier molecular flexibility index (Phi) is 6.21. The first-order valence-corrected chi connectivity index (χ1v) is 8.80. The van der Waals surface area contributed by atoms with Gasteiger partial charge in [-0.1, -0.05) is 37.4 Å². The van der Waals surface area contributed by atoms with E-state index in [1.54, 1.807) is 66.8 Å². The largest absolute Gasteiger partial charge is 0.457 e. The van der Waals surface area contributed by atoms with Crippen molar-refractivity contribution in [3.05, 3.63) is 127 Å². The second-order valence-electron chi connectivity index (χ2n) is 5.90. The maximum atomic E-state index is 12.7. The second kappa shape index (κ2) is 9.19. The molecule has 3 nitrogen and oxygen atoms in total. The van der Waals surface area contributed by atoms with Crippen LogP contribution in [0.1, 0.15) is 15.9 Å². The Bertz CT molecular complexity index is 982. The van der Waals surface area contributed by atoms with Gasteiger partial charge < -0.3 is 9.47 Å². The van der Waals surface area contributed by atoms with Crippen LogP contribution in [0.2, 0.25) is 0 Å². The van der Waals surface area contributed by atoms with Crippen molar-refractivity contribution in [2.24, 2.45) is 0 Å². The number of hydrogen-bond donors (Lipinski definition) is 0. The van der Waals surface area contributed by atoms with Gasteiger partial charge in [-0.25, -0.2) is 0 Å². The van der Waals surface area contributed by atoms with E-state index >= 15 is 0 Å². The lowest BCUT2D eigenvalue weighted by atomic mass is 10.0. The molecular formula is C25H20O3. The summed E-state index contributed by atoms with van der Waals surface area (Å²) in [5.41, 5.74) is 1.17. The number of ketones is 1. The quantitative estimate of drug-likeness (QED) is 0.264. The molecule has 0 amide bonds. The van der Waals surface area contributed by atoms with Gasteiger partial charge in [0.25, 0.3) is 0 Å². The van der Waals surface area contributed by atoms with Crippen LogP contribution in [0.4, 0.5) is 0 Å². The highest BCUT2D eigenvalue weighted by Gasteiger charge is 2.10. The van der Waals surface area contributed by atoms with Crippen molar-refractivity contribution in [3.63, 3.8) is 0 Å². The third-order valence-electron chi connectivity index (χ3n) is 3.93. The fraction of sp³-hybridized carbons (Fsp3) is 0. The predicted molar refractivity (Wildman–Crippen MR) is 112 cm³/mol. The number of carbonyl (C=O) groups is 1. The van der Waals surface area contributed by atoms with Gasteiger partial charge in [0.05, 0.1) is 0 Å². The van der Waals surface area contributed by atoms with Gasteiger partial charge >= 0.3 is 0 Å². The minimum atomic E-state index is -0.0663.